The normalized spacial score (nSPS) is 17.4. The van der Waals surface area contributed by atoms with Crippen molar-refractivity contribution in [2.24, 2.45) is 0 Å². The summed E-state index contributed by atoms with van der Waals surface area (Å²) in [6.45, 7) is 11.8. The fourth-order valence-electron chi connectivity index (χ4n) is 5.23. The highest BCUT2D eigenvalue weighted by atomic mass is 35.5. The third-order valence-electron chi connectivity index (χ3n) is 7.49. The van der Waals surface area contributed by atoms with Crippen LogP contribution in [-0.4, -0.2) is 58.6 Å². The molecule has 37 heavy (non-hydrogen) atoms. The summed E-state index contributed by atoms with van der Waals surface area (Å²) < 4.78 is 20.2. The zero-order valence-corrected chi connectivity index (χ0v) is 22.2. The van der Waals surface area contributed by atoms with Crippen LogP contribution in [0.1, 0.15) is 44.6 Å². The number of ether oxygens (including phenoxy) is 1. The molecule has 8 heteroatoms. The first kappa shape index (κ1) is 25.7. The molecular weight excluding hydrogens is 489 g/mol. The van der Waals surface area contributed by atoms with Gasteiger partial charge >= 0.3 is 0 Å². The molecule has 1 aromatic heterocycles. The van der Waals surface area contributed by atoms with Gasteiger partial charge in [0.15, 0.2) is 0 Å². The number of halogens is 2. The molecule has 6 nitrogen and oxygen atoms in total. The van der Waals surface area contributed by atoms with Crippen LogP contribution in [0.15, 0.2) is 48.9 Å². The molecule has 0 aliphatic carbocycles. The van der Waals surface area contributed by atoms with Crippen molar-refractivity contribution < 1.29 is 9.13 Å². The minimum Gasteiger partial charge on any atom is -0.490 e. The fourth-order valence-corrected chi connectivity index (χ4v) is 5.41. The smallest absolute Gasteiger partial charge is 0.141 e. The van der Waals surface area contributed by atoms with Crippen LogP contribution in [0.25, 0.3) is 10.9 Å². The van der Waals surface area contributed by atoms with Crippen LogP contribution in [0.2, 0.25) is 5.02 Å². The first-order valence-electron chi connectivity index (χ1n) is 13.3. The van der Waals surface area contributed by atoms with E-state index in [4.69, 9.17) is 16.3 Å². The topological polar surface area (TPSA) is 53.5 Å². The number of likely N-dealkylation sites (tertiary alicyclic amines) is 2. The van der Waals surface area contributed by atoms with Gasteiger partial charge in [-0.25, -0.2) is 14.4 Å². The van der Waals surface area contributed by atoms with Crippen LogP contribution in [-0.2, 0) is 6.42 Å². The molecule has 2 aromatic carbocycles. The number of nitrogens with one attached hydrogen (secondary N) is 1. The predicted octanol–water partition coefficient (Wildman–Crippen LogP) is 6.57. The molecule has 3 aromatic rings. The second-order valence-electron chi connectivity index (χ2n) is 9.98. The summed E-state index contributed by atoms with van der Waals surface area (Å²) in [5.41, 5.74) is 3.93. The van der Waals surface area contributed by atoms with Crippen molar-refractivity contribution in [3.63, 3.8) is 0 Å². The maximum atomic E-state index is 13.6. The summed E-state index contributed by atoms with van der Waals surface area (Å²) in [7, 11) is 0. The van der Waals surface area contributed by atoms with Crippen LogP contribution in [0, 0.1) is 5.82 Å². The number of hydrogen-bond acceptors (Lipinski definition) is 6. The molecule has 2 aliphatic heterocycles. The summed E-state index contributed by atoms with van der Waals surface area (Å²) in [4.78, 5) is 13.9. The van der Waals surface area contributed by atoms with E-state index in [0.29, 0.717) is 11.5 Å². The number of benzene rings is 2. The van der Waals surface area contributed by atoms with Gasteiger partial charge in [-0.15, -0.1) is 0 Å². The largest absolute Gasteiger partial charge is 0.490 e. The molecule has 0 radical (unpaired) electrons. The highest BCUT2D eigenvalue weighted by Gasteiger charge is 2.23. The Bertz CT molecular complexity index is 1260. The third-order valence-corrected chi connectivity index (χ3v) is 7.78. The lowest BCUT2D eigenvalue weighted by atomic mass is 10.1. The van der Waals surface area contributed by atoms with Gasteiger partial charge in [-0.3, -0.25) is 0 Å². The number of aryl methyl sites for hydroxylation is 1. The first-order valence-corrected chi connectivity index (χ1v) is 13.7. The Morgan fingerprint density at radius 1 is 1.11 bits per heavy atom. The number of fused-ring (bicyclic) bond motifs is 1. The van der Waals surface area contributed by atoms with Gasteiger partial charge in [-0.2, -0.15) is 0 Å². The fraction of sp³-hybridized carbons (Fsp3) is 0.448. The Hall–Kier alpha value is -2.90. The summed E-state index contributed by atoms with van der Waals surface area (Å²) in [6, 6.07) is 8.65. The maximum absolute atomic E-state index is 13.6. The third kappa shape index (κ3) is 6.16. The lowest BCUT2D eigenvalue weighted by Crippen LogP contribution is -2.42. The highest BCUT2D eigenvalue weighted by Crippen LogP contribution is 2.33. The Balaban J connectivity index is 1.25. The van der Waals surface area contributed by atoms with E-state index in [1.165, 1.54) is 30.9 Å². The molecule has 0 atom stereocenters. The van der Waals surface area contributed by atoms with E-state index in [2.05, 4.69) is 44.7 Å². The molecule has 0 unspecified atom stereocenters. The second-order valence-corrected chi connectivity index (χ2v) is 10.4. The van der Waals surface area contributed by atoms with E-state index >= 15 is 0 Å². The van der Waals surface area contributed by atoms with Crippen molar-refractivity contribution >= 4 is 34.0 Å². The van der Waals surface area contributed by atoms with Crippen molar-refractivity contribution in [2.75, 3.05) is 38.0 Å². The maximum Gasteiger partial charge on any atom is 0.141 e. The van der Waals surface area contributed by atoms with Gasteiger partial charge in [-0.1, -0.05) is 25.1 Å². The summed E-state index contributed by atoms with van der Waals surface area (Å²) >= 11 is 5.97. The van der Waals surface area contributed by atoms with Crippen molar-refractivity contribution in [1.29, 1.82) is 0 Å². The van der Waals surface area contributed by atoms with Crippen LogP contribution in [0.3, 0.4) is 0 Å². The van der Waals surface area contributed by atoms with Crippen LogP contribution >= 0.6 is 11.6 Å². The minimum absolute atomic E-state index is 0.0628. The van der Waals surface area contributed by atoms with Gasteiger partial charge in [0.05, 0.1) is 10.5 Å². The number of aromatic nitrogens is 2. The zero-order valence-electron chi connectivity index (χ0n) is 21.5. The Morgan fingerprint density at radius 2 is 1.95 bits per heavy atom. The number of anilines is 2. The molecule has 0 amide bonds. The highest BCUT2D eigenvalue weighted by molar-refractivity contribution is 6.31. The van der Waals surface area contributed by atoms with Crippen molar-refractivity contribution in [3.8, 4) is 5.75 Å². The first-order chi connectivity index (χ1) is 18.0. The Kier molecular flexibility index (Phi) is 8.11. The molecule has 0 saturated carbocycles. The molecular formula is C29H35ClFN5O. The van der Waals surface area contributed by atoms with E-state index in [9.17, 15) is 4.39 Å². The van der Waals surface area contributed by atoms with Gasteiger partial charge in [0.25, 0.3) is 0 Å². The molecule has 5 rings (SSSR count). The van der Waals surface area contributed by atoms with Crippen LogP contribution in [0.5, 0.6) is 5.75 Å². The average Bonchev–Trinajstić information content (AvgIpc) is 2.91. The monoisotopic (exact) mass is 523 g/mol. The van der Waals surface area contributed by atoms with E-state index in [1.807, 2.05) is 6.07 Å². The number of rotatable bonds is 8. The van der Waals surface area contributed by atoms with E-state index in [0.717, 1.165) is 80.6 Å². The second kappa shape index (κ2) is 11.7. The molecule has 2 aliphatic rings. The average molecular weight is 524 g/mol. The van der Waals surface area contributed by atoms with E-state index in [1.54, 1.807) is 12.1 Å². The summed E-state index contributed by atoms with van der Waals surface area (Å²) in [6.07, 6.45) is 8.27. The number of nitrogens with zero attached hydrogens (tertiary/aromatic N) is 4. The van der Waals surface area contributed by atoms with Gasteiger partial charge < -0.3 is 19.9 Å². The molecule has 196 valence electrons. The van der Waals surface area contributed by atoms with E-state index in [-0.39, 0.29) is 11.1 Å². The Morgan fingerprint density at radius 3 is 2.70 bits per heavy atom. The quantitative estimate of drug-likeness (QED) is 0.360. The van der Waals surface area contributed by atoms with Crippen LogP contribution in [0.4, 0.5) is 15.9 Å². The minimum atomic E-state index is -0.453. The Labute approximate surface area is 223 Å². The molecule has 3 heterocycles. The lowest BCUT2D eigenvalue weighted by molar-refractivity contribution is 0.0937. The molecule has 0 spiro atoms. The predicted molar refractivity (Wildman–Crippen MR) is 148 cm³/mol. The molecule has 2 fully saturated rings. The number of allylic oxidation sites excluding steroid dienone is 1. The summed E-state index contributed by atoms with van der Waals surface area (Å²) in [5.74, 6) is 1.06. The molecule has 0 bridgehead atoms. The molecule has 1 N–H and O–H groups in total. The summed E-state index contributed by atoms with van der Waals surface area (Å²) in [5, 5.41) is 4.18. The van der Waals surface area contributed by atoms with Crippen molar-refractivity contribution in [1.82, 2.24) is 19.8 Å². The van der Waals surface area contributed by atoms with Crippen molar-refractivity contribution in [3.05, 3.63) is 65.3 Å². The van der Waals surface area contributed by atoms with Gasteiger partial charge in [0.2, 0.25) is 0 Å². The standard InChI is InChI=1S/C29H35ClFN5O/c1-3-21-16-27-24(29(33-19-32-27)34-22-7-8-26(31)25(30)17-22)18-28(21)37-23-9-12-35(13-10-23)14-15-36-11-5-4-6-20(36)2/h7-8,16-19,23H,2-6,9-15H2,1H3,(H,32,33,34). The number of piperidine rings is 2. The zero-order chi connectivity index (χ0) is 25.8. The van der Waals surface area contributed by atoms with Crippen molar-refractivity contribution in [2.45, 2.75) is 51.6 Å². The van der Waals surface area contributed by atoms with Crippen LogP contribution < -0.4 is 10.1 Å². The SMILES string of the molecule is C=C1CCCCN1CCN1CCC(Oc2cc3c(Nc4ccc(F)c(Cl)c4)ncnc3cc2CC)CC1. The number of hydrogen-bond donors (Lipinski definition) is 1. The van der Waals surface area contributed by atoms with Gasteiger partial charge in [-0.05, 0) is 74.4 Å². The van der Waals surface area contributed by atoms with E-state index < -0.39 is 5.82 Å². The van der Waals surface area contributed by atoms with Gasteiger partial charge in [0, 0.05) is 49.5 Å². The molecule has 2 saturated heterocycles. The lowest BCUT2D eigenvalue weighted by Gasteiger charge is -2.36. The van der Waals surface area contributed by atoms with Gasteiger partial charge in [0.1, 0.15) is 29.8 Å².